The fraction of sp³-hybridized carbons (Fsp3) is 0.500. The number of nitrogens with one attached hydrogen (secondary N) is 8. The highest BCUT2D eigenvalue weighted by atomic mass is 16.2. The van der Waals surface area contributed by atoms with Gasteiger partial charge in [0.1, 0.15) is 61.9 Å². The molecular weight excluding hydrogens is 1580 g/mol. The van der Waals surface area contributed by atoms with E-state index >= 15 is 33.6 Å². The normalized spacial score (nSPS) is 16.2. The van der Waals surface area contributed by atoms with Crippen LogP contribution in [-0.2, 0) is 95.1 Å². The Morgan fingerprint density at radius 3 is 1.19 bits per heavy atom. The van der Waals surface area contributed by atoms with Crippen LogP contribution in [0, 0.1) is 22.7 Å². The third kappa shape index (κ3) is 30.3. The zero-order chi connectivity index (χ0) is 89.8. The van der Waals surface area contributed by atoms with E-state index < -0.39 is 158 Å². The van der Waals surface area contributed by atoms with E-state index in [2.05, 4.69) is 31.9 Å². The number of carbonyl (C=O) groups excluding carboxylic acids is 13. The summed E-state index contributed by atoms with van der Waals surface area (Å²) in [6, 6.07) is 35.8. The Morgan fingerprint density at radius 2 is 0.790 bits per heavy atom. The van der Waals surface area contributed by atoms with Gasteiger partial charge in [0, 0.05) is 65.4 Å². The summed E-state index contributed by atoms with van der Waals surface area (Å²) in [6.07, 6.45) is 4.25. The molecular formula is C90H127N21O13. The quantitative estimate of drug-likeness (QED) is 0.0151. The van der Waals surface area contributed by atoms with Crippen LogP contribution in [0.25, 0.3) is 0 Å². The van der Waals surface area contributed by atoms with Crippen molar-refractivity contribution in [2.75, 3.05) is 72.0 Å². The van der Waals surface area contributed by atoms with Crippen molar-refractivity contribution in [2.24, 2.45) is 40.5 Å². The molecule has 34 nitrogen and oxygen atoms in total. The van der Waals surface area contributed by atoms with Crippen molar-refractivity contribution in [2.45, 2.75) is 205 Å². The molecule has 18 N–H and O–H groups in total. The van der Waals surface area contributed by atoms with E-state index in [0.717, 1.165) is 0 Å². The van der Waals surface area contributed by atoms with Gasteiger partial charge in [-0.25, -0.2) is 0 Å². The number of nitrogens with two attached hydrogens (primary N) is 5. The summed E-state index contributed by atoms with van der Waals surface area (Å²) >= 11 is 0. The van der Waals surface area contributed by atoms with Crippen molar-refractivity contribution < 1.29 is 62.3 Å². The standard InChI is InChI=1S/C90H127N21O13/c1-5-62(4)80(92)83(119)103-71(50-61(2)3)85(121)111-49-27-43-74(111)88(124)106(53-65-32-15-8-16-33-65)57-76(113)101-70(38-21-22-44-91)84(120)107(54-66-34-17-9-18-35-66)60-79(116)110-48-26-42-73(110)87(123)108(55-67-36-19-10-20-37-67)58-77(114)104(51-63-28-11-6-12-29-63)59-78(115)109-47-25-41-72(109)86(122)105(52-64-30-13-7-14-31-64)56-75(112)100-69(40-24-46-99-90(96)97)82(118)102-68(81(93)117)39-23-45-98-89(94)95/h6-20,28-37,61-62,68-74,80H,5,21-27,38-60,91-92H2,1-4H3,(H2,93,117)(H,100,112)(H,101,113)(H,102,118)(H,103,119)(H4,94,95,98)(H4,96,97,99)/t62-,68-,69-,70-,71-,72-,73-,74-,80-/m0/s1. The number of carbonyl (C=O) groups is 13. The van der Waals surface area contributed by atoms with Crippen molar-refractivity contribution in [3.8, 4) is 0 Å². The van der Waals surface area contributed by atoms with E-state index in [-0.39, 0.29) is 154 Å². The van der Waals surface area contributed by atoms with Gasteiger partial charge in [0.05, 0.1) is 19.1 Å². The highest BCUT2D eigenvalue weighted by molar-refractivity contribution is 5.99. The molecule has 3 saturated heterocycles. The SMILES string of the molecule is CC[C@H](C)[C@H](N)C(=O)N[C@@H](CC(C)C)C(=O)N1CCC[C@H]1C(=O)N(CC(=O)N[C@@H](CCCCN)C(=O)N(CC(=O)N1CCC[C@H]1C(=O)N(CC(=O)N(CC(=O)N1CCC[C@H]1C(=O)N(CC(=O)N[C@@H](CCCNC(=N)N)C(=O)N[C@@H](CCCNC(=N)N)C(N)=O)Cc1ccccc1)Cc1ccccc1)Cc1ccccc1)Cc1ccccc1)Cc1ccccc1. The number of likely N-dealkylation sites (tertiary alicyclic amines) is 3. The summed E-state index contributed by atoms with van der Waals surface area (Å²) < 4.78 is 0. The van der Waals surface area contributed by atoms with E-state index in [1.54, 1.807) is 133 Å². The van der Waals surface area contributed by atoms with Crippen molar-refractivity contribution in [1.82, 2.24) is 71.1 Å². The van der Waals surface area contributed by atoms with Crippen molar-refractivity contribution >= 4 is 88.7 Å². The lowest BCUT2D eigenvalue weighted by atomic mass is 9.97. The highest BCUT2D eigenvalue weighted by Gasteiger charge is 2.44. The summed E-state index contributed by atoms with van der Waals surface area (Å²) in [5.74, 6) is -8.93. The van der Waals surface area contributed by atoms with Crippen LogP contribution in [-0.4, -0.2) is 248 Å². The molecule has 8 rings (SSSR count). The van der Waals surface area contributed by atoms with Crippen LogP contribution in [0.15, 0.2) is 152 Å². The number of unbranched alkanes of at least 4 members (excludes halogenated alkanes) is 1. The molecule has 3 fully saturated rings. The molecule has 13 amide bonds. The van der Waals surface area contributed by atoms with E-state index in [1.165, 1.54) is 39.2 Å². The summed E-state index contributed by atoms with van der Waals surface area (Å²) in [5.41, 5.74) is 32.3. The second kappa shape index (κ2) is 49.7. The van der Waals surface area contributed by atoms with Gasteiger partial charge in [-0.15, -0.1) is 0 Å². The van der Waals surface area contributed by atoms with E-state index in [0.29, 0.717) is 66.3 Å². The summed E-state index contributed by atoms with van der Waals surface area (Å²) in [5, 5.41) is 31.6. The minimum Gasteiger partial charge on any atom is -0.370 e. The van der Waals surface area contributed by atoms with E-state index in [9.17, 15) is 28.8 Å². The van der Waals surface area contributed by atoms with Crippen LogP contribution in [0.5, 0.6) is 0 Å². The number of nitrogens with zero attached hydrogens (tertiary/aromatic N) is 8. The first-order chi connectivity index (χ1) is 59.5. The number of hydrogen-bond acceptors (Lipinski definition) is 17. The molecule has 3 aliphatic heterocycles. The van der Waals surface area contributed by atoms with Crippen molar-refractivity contribution in [3.63, 3.8) is 0 Å². The third-order valence-corrected chi connectivity index (χ3v) is 22.6. The summed E-state index contributed by atoms with van der Waals surface area (Å²) in [7, 11) is 0. The second-order valence-corrected chi connectivity index (χ2v) is 32.7. The van der Waals surface area contributed by atoms with Gasteiger partial charge in [-0.2, -0.15) is 0 Å². The smallest absolute Gasteiger partial charge is 0.246 e. The molecule has 0 aromatic heterocycles. The Labute approximate surface area is 726 Å². The van der Waals surface area contributed by atoms with Crippen LogP contribution in [0.4, 0.5) is 0 Å². The van der Waals surface area contributed by atoms with Crippen LogP contribution in [0.1, 0.15) is 152 Å². The highest BCUT2D eigenvalue weighted by Crippen LogP contribution is 2.28. The minimum atomic E-state index is -1.28. The molecule has 5 aromatic rings. The molecule has 670 valence electrons. The average molecular weight is 1710 g/mol. The zero-order valence-electron chi connectivity index (χ0n) is 71.9. The van der Waals surface area contributed by atoms with Crippen molar-refractivity contribution in [3.05, 3.63) is 179 Å². The number of benzene rings is 5. The largest absolute Gasteiger partial charge is 0.370 e. The van der Waals surface area contributed by atoms with Crippen LogP contribution >= 0.6 is 0 Å². The van der Waals surface area contributed by atoms with Crippen LogP contribution in [0.2, 0.25) is 0 Å². The predicted molar refractivity (Wildman–Crippen MR) is 469 cm³/mol. The molecule has 0 spiro atoms. The van der Waals surface area contributed by atoms with Crippen LogP contribution < -0.4 is 60.6 Å². The van der Waals surface area contributed by atoms with Gasteiger partial charge in [-0.05, 0) is 136 Å². The van der Waals surface area contributed by atoms with Gasteiger partial charge in [0.15, 0.2) is 11.9 Å². The van der Waals surface area contributed by atoms with Gasteiger partial charge in [0.2, 0.25) is 76.8 Å². The first kappa shape index (κ1) is 97.1. The maximum atomic E-state index is 15.7. The molecule has 5 aromatic carbocycles. The molecule has 34 heteroatoms. The number of guanidine groups is 2. The number of amides is 13. The summed E-state index contributed by atoms with van der Waals surface area (Å²) in [4.78, 5) is 203. The van der Waals surface area contributed by atoms with Gasteiger partial charge >= 0.3 is 0 Å². The van der Waals surface area contributed by atoms with E-state index in [4.69, 9.17) is 39.5 Å². The molecule has 0 saturated carbocycles. The second-order valence-electron chi connectivity index (χ2n) is 32.7. The third-order valence-electron chi connectivity index (χ3n) is 22.6. The first-order valence-corrected chi connectivity index (χ1v) is 43.1. The molecule has 9 atom stereocenters. The van der Waals surface area contributed by atoms with Crippen LogP contribution in [0.3, 0.4) is 0 Å². The maximum absolute atomic E-state index is 15.7. The topological polar surface area (TPSA) is 498 Å². The molecule has 0 radical (unpaired) electrons. The Bertz CT molecular complexity index is 4380. The fourth-order valence-electron chi connectivity index (χ4n) is 15.8. The minimum absolute atomic E-state index is 0.0104. The molecule has 0 aliphatic carbocycles. The zero-order valence-corrected chi connectivity index (χ0v) is 71.9. The van der Waals surface area contributed by atoms with Crippen molar-refractivity contribution in [1.29, 1.82) is 10.8 Å². The summed E-state index contributed by atoms with van der Waals surface area (Å²) in [6.45, 7) is 5.38. The molecule has 0 bridgehead atoms. The predicted octanol–water partition coefficient (Wildman–Crippen LogP) is 2.60. The molecule has 124 heavy (non-hydrogen) atoms. The van der Waals surface area contributed by atoms with Gasteiger partial charge in [-0.1, -0.05) is 186 Å². The Kier molecular flexibility index (Phi) is 38.9. The first-order valence-electron chi connectivity index (χ1n) is 43.1. The fourth-order valence-corrected chi connectivity index (χ4v) is 15.8. The number of hydrogen-bond donors (Lipinski definition) is 13. The number of primary amides is 1. The van der Waals surface area contributed by atoms with Gasteiger partial charge in [0.25, 0.3) is 0 Å². The Balaban J connectivity index is 1.02. The molecule has 0 unspecified atom stereocenters. The van der Waals surface area contributed by atoms with Gasteiger partial charge in [-0.3, -0.25) is 73.1 Å². The van der Waals surface area contributed by atoms with Gasteiger partial charge < -0.3 is 99.8 Å². The lowest BCUT2D eigenvalue weighted by molar-refractivity contribution is -0.151. The Morgan fingerprint density at radius 1 is 0.427 bits per heavy atom. The lowest BCUT2D eigenvalue weighted by Gasteiger charge is -2.34. The molecule has 3 heterocycles. The maximum Gasteiger partial charge on any atom is 0.246 e. The molecule has 3 aliphatic rings. The lowest BCUT2D eigenvalue weighted by Crippen LogP contribution is -2.58. The van der Waals surface area contributed by atoms with E-state index in [1.807, 2.05) is 45.9 Å². The Hall–Kier alpha value is -12.3. The average Bonchev–Trinajstić information content (AvgIpc) is 1.66. The number of rotatable bonds is 48. The monoisotopic (exact) mass is 1710 g/mol.